The van der Waals surface area contributed by atoms with E-state index in [1.807, 2.05) is 11.6 Å². The Morgan fingerprint density at radius 3 is 2.84 bits per heavy atom. The maximum absolute atomic E-state index is 12.8. The lowest BCUT2D eigenvalue weighted by Gasteiger charge is -2.23. The first-order valence-electron chi connectivity index (χ1n) is 9.17. The summed E-state index contributed by atoms with van der Waals surface area (Å²) in [6.07, 6.45) is 4.03. The van der Waals surface area contributed by atoms with Gasteiger partial charge in [-0.05, 0) is 69.3 Å². The van der Waals surface area contributed by atoms with E-state index in [2.05, 4.69) is 46.1 Å². The second-order valence-electron chi connectivity index (χ2n) is 7.16. The maximum atomic E-state index is 12.8. The lowest BCUT2D eigenvalue weighted by Crippen LogP contribution is -2.31. The molecule has 2 aromatic rings. The number of hydrogen-bond acceptors (Lipinski definition) is 4. The van der Waals surface area contributed by atoms with Crippen LogP contribution in [0.4, 0.5) is 0 Å². The third-order valence-corrected chi connectivity index (χ3v) is 5.61. The molecule has 1 aliphatic carbocycles. The number of piperidine rings is 1. The topological polar surface area (TPSA) is 71.8 Å². The van der Waals surface area contributed by atoms with Crippen molar-refractivity contribution < 1.29 is 4.79 Å². The van der Waals surface area contributed by atoms with Gasteiger partial charge in [-0.1, -0.05) is 23.4 Å². The zero-order valence-electron chi connectivity index (χ0n) is 14.9. The molecule has 1 fully saturated rings. The monoisotopic (exact) mass is 339 g/mol. The Kier molecular flexibility index (Phi) is 4.29. The van der Waals surface area contributed by atoms with Crippen LogP contribution in [0.15, 0.2) is 18.2 Å². The Bertz CT molecular complexity index is 791. The highest BCUT2D eigenvalue weighted by atomic mass is 16.2. The van der Waals surface area contributed by atoms with Crippen LogP contribution >= 0.6 is 0 Å². The average molecular weight is 339 g/mol. The number of hydrogen-bond donors (Lipinski definition) is 2. The molecule has 1 amide bonds. The van der Waals surface area contributed by atoms with Gasteiger partial charge in [-0.2, -0.15) is 0 Å². The van der Waals surface area contributed by atoms with Crippen molar-refractivity contribution in [2.45, 2.75) is 51.6 Å². The molecule has 1 unspecified atom stereocenters. The second-order valence-corrected chi connectivity index (χ2v) is 7.16. The molecule has 1 aromatic heterocycles. The fourth-order valence-electron chi connectivity index (χ4n) is 4.16. The number of aryl methyl sites for hydroxylation is 1. The van der Waals surface area contributed by atoms with E-state index in [9.17, 15) is 4.79 Å². The number of benzene rings is 1. The quantitative estimate of drug-likeness (QED) is 0.899. The minimum Gasteiger partial charge on any atom is -0.344 e. The molecule has 2 N–H and O–H groups in total. The first kappa shape index (κ1) is 16.3. The highest BCUT2D eigenvalue weighted by Crippen LogP contribution is 2.33. The summed E-state index contributed by atoms with van der Waals surface area (Å²) in [6.45, 7) is 6.06. The van der Waals surface area contributed by atoms with Gasteiger partial charge in [-0.3, -0.25) is 4.79 Å². The van der Waals surface area contributed by atoms with E-state index in [0.29, 0.717) is 11.7 Å². The molecule has 25 heavy (non-hydrogen) atoms. The minimum absolute atomic E-state index is 0.0748. The van der Waals surface area contributed by atoms with Crippen LogP contribution < -0.4 is 10.6 Å². The summed E-state index contributed by atoms with van der Waals surface area (Å²) in [5, 5.41) is 15.0. The summed E-state index contributed by atoms with van der Waals surface area (Å²) in [4.78, 5) is 12.8. The van der Waals surface area contributed by atoms with Crippen molar-refractivity contribution in [3.8, 4) is 0 Å². The normalized spacial score (nSPS) is 20.5. The molecule has 2 aliphatic rings. The fraction of sp³-hybridized carbons (Fsp3) is 0.526. The standard InChI is InChI=1S/C19H25N5O/c1-12-4-3-5-16-15(12)6-7-17(16)21-19(25)18-13(2)24(23-22-18)14-8-10-20-11-9-14/h3-5,14,17,20H,6-11H2,1-2H3,(H,21,25). The number of carbonyl (C=O) groups excluding carboxylic acids is 1. The Morgan fingerprint density at radius 2 is 2.04 bits per heavy atom. The Hall–Kier alpha value is -2.21. The van der Waals surface area contributed by atoms with Crippen molar-refractivity contribution in [1.29, 1.82) is 0 Å². The van der Waals surface area contributed by atoms with Gasteiger partial charge in [-0.25, -0.2) is 4.68 Å². The second kappa shape index (κ2) is 6.59. The molecule has 0 bridgehead atoms. The minimum atomic E-state index is -0.114. The summed E-state index contributed by atoms with van der Waals surface area (Å²) < 4.78 is 1.93. The van der Waals surface area contributed by atoms with E-state index in [1.54, 1.807) is 0 Å². The van der Waals surface area contributed by atoms with Gasteiger partial charge < -0.3 is 10.6 Å². The van der Waals surface area contributed by atoms with Crippen LogP contribution in [0, 0.1) is 13.8 Å². The molecule has 1 atom stereocenters. The van der Waals surface area contributed by atoms with E-state index in [-0.39, 0.29) is 11.9 Å². The van der Waals surface area contributed by atoms with Crippen LogP contribution in [0.25, 0.3) is 0 Å². The van der Waals surface area contributed by atoms with Crippen LogP contribution in [0.1, 0.15) is 64.2 Å². The lowest BCUT2D eigenvalue weighted by molar-refractivity contribution is 0.0931. The molecule has 6 nitrogen and oxygen atoms in total. The first-order valence-corrected chi connectivity index (χ1v) is 9.17. The molecule has 1 aromatic carbocycles. The Labute approximate surface area is 148 Å². The molecular weight excluding hydrogens is 314 g/mol. The predicted molar refractivity (Wildman–Crippen MR) is 95.6 cm³/mol. The van der Waals surface area contributed by atoms with Gasteiger partial charge in [0.05, 0.1) is 17.8 Å². The summed E-state index contributed by atoms with van der Waals surface area (Å²) in [7, 11) is 0. The number of carbonyl (C=O) groups is 1. The smallest absolute Gasteiger partial charge is 0.274 e. The molecule has 4 rings (SSSR count). The largest absolute Gasteiger partial charge is 0.344 e. The number of rotatable bonds is 3. The number of nitrogens with zero attached hydrogens (tertiary/aromatic N) is 3. The molecule has 0 saturated carbocycles. The third-order valence-electron chi connectivity index (χ3n) is 5.61. The molecule has 6 heteroatoms. The van der Waals surface area contributed by atoms with Crippen molar-refractivity contribution >= 4 is 5.91 Å². The molecule has 1 saturated heterocycles. The van der Waals surface area contributed by atoms with Gasteiger partial charge in [0, 0.05) is 0 Å². The maximum Gasteiger partial charge on any atom is 0.274 e. The molecule has 2 heterocycles. The van der Waals surface area contributed by atoms with Crippen molar-refractivity contribution in [3.63, 3.8) is 0 Å². The fourth-order valence-corrected chi connectivity index (χ4v) is 4.16. The zero-order valence-corrected chi connectivity index (χ0v) is 14.9. The van der Waals surface area contributed by atoms with E-state index in [1.165, 1.54) is 16.7 Å². The number of aromatic nitrogens is 3. The molecule has 0 radical (unpaired) electrons. The van der Waals surface area contributed by atoms with Crippen molar-refractivity contribution in [1.82, 2.24) is 25.6 Å². The van der Waals surface area contributed by atoms with Crippen LogP contribution in [0.3, 0.4) is 0 Å². The SMILES string of the molecule is Cc1cccc2c1CCC2NC(=O)c1nnn(C2CCNCC2)c1C. The lowest BCUT2D eigenvalue weighted by atomic mass is 10.0. The predicted octanol–water partition coefficient (Wildman–Crippen LogP) is 2.24. The van der Waals surface area contributed by atoms with Gasteiger partial charge in [-0.15, -0.1) is 5.10 Å². The Morgan fingerprint density at radius 1 is 1.24 bits per heavy atom. The van der Waals surface area contributed by atoms with Gasteiger partial charge >= 0.3 is 0 Å². The van der Waals surface area contributed by atoms with Gasteiger partial charge in [0.25, 0.3) is 5.91 Å². The number of amides is 1. The van der Waals surface area contributed by atoms with Crippen LogP contribution in [-0.4, -0.2) is 34.0 Å². The van der Waals surface area contributed by atoms with Crippen LogP contribution in [0.2, 0.25) is 0 Å². The summed E-state index contributed by atoms with van der Waals surface area (Å²) in [6, 6.07) is 6.74. The van der Waals surface area contributed by atoms with Gasteiger partial charge in [0.15, 0.2) is 5.69 Å². The Balaban J connectivity index is 1.51. The summed E-state index contributed by atoms with van der Waals surface area (Å²) in [5.74, 6) is -0.114. The molecular formula is C19H25N5O. The highest BCUT2D eigenvalue weighted by Gasteiger charge is 2.28. The van der Waals surface area contributed by atoms with Crippen molar-refractivity contribution in [2.75, 3.05) is 13.1 Å². The number of nitrogens with one attached hydrogen (secondary N) is 2. The van der Waals surface area contributed by atoms with E-state index in [4.69, 9.17) is 0 Å². The summed E-state index contributed by atoms with van der Waals surface area (Å²) >= 11 is 0. The third kappa shape index (κ3) is 2.95. The molecule has 1 aliphatic heterocycles. The first-order chi connectivity index (χ1) is 12.1. The van der Waals surface area contributed by atoms with Crippen molar-refractivity contribution in [3.05, 3.63) is 46.3 Å². The van der Waals surface area contributed by atoms with Gasteiger partial charge in [0.2, 0.25) is 0 Å². The van der Waals surface area contributed by atoms with Crippen LogP contribution in [0.5, 0.6) is 0 Å². The van der Waals surface area contributed by atoms with E-state index >= 15 is 0 Å². The molecule has 132 valence electrons. The van der Waals surface area contributed by atoms with E-state index in [0.717, 1.165) is 44.5 Å². The summed E-state index contributed by atoms with van der Waals surface area (Å²) in [5.41, 5.74) is 5.26. The zero-order chi connectivity index (χ0) is 17.4. The van der Waals surface area contributed by atoms with Gasteiger partial charge in [0.1, 0.15) is 0 Å². The van der Waals surface area contributed by atoms with E-state index < -0.39 is 0 Å². The number of fused-ring (bicyclic) bond motifs is 1. The van der Waals surface area contributed by atoms with Crippen LogP contribution in [-0.2, 0) is 6.42 Å². The molecule has 0 spiro atoms. The van der Waals surface area contributed by atoms with Crippen molar-refractivity contribution in [2.24, 2.45) is 0 Å². The average Bonchev–Trinajstić information content (AvgIpc) is 3.20. The highest BCUT2D eigenvalue weighted by molar-refractivity contribution is 5.93.